The summed E-state index contributed by atoms with van der Waals surface area (Å²) in [6.45, 7) is 3.49. The Morgan fingerprint density at radius 3 is 2.70 bits per heavy atom. The Labute approximate surface area is 133 Å². The average Bonchev–Trinajstić information content (AvgIpc) is 2.76. The second-order valence-corrected chi connectivity index (χ2v) is 5.92. The van der Waals surface area contributed by atoms with E-state index in [2.05, 4.69) is 10.6 Å². The Morgan fingerprint density at radius 2 is 2.04 bits per heavy atom. The van der Waals surface area contributed by atoms with Crippen LogP contribution < -0.4 is 10.6 Å². The normalized spacial score (nSPS) is 20.3. The third-order valence-corrected chi connectivity index (χ3v) is 4.11. The molecule has 3 rings (SSSR count). The molecule has 0 radical (unpaired) electrons. The summed E-state index contributed by atoms with van der Waals surface area (Å²) in [5.41, 5.74) is 2.65. The zero-order valence-corrected chi connectivity index (χ0v) is 12.9. The molecule has 0 spiro atoms. The predicted molar refractivity (Wildman–Crippen MR) is 81.5 cm³/mol. The summed E-state index contributed by atoms with van der Waals surface area (Å²) in [6, 6.07) is 2.91. The number of hydrogen-bond donors (Lipinski definition) is 2. The van der Waals surface area contributed by atoms with Gasteiger partial charge in [0.25, 0.3) is 5.91 Å². The van der Waals surface area contributed by atoms with Gasteiger partial charge in [-0.3, -0.25) is 24.5 Å². The highest BCUT2D eigenvalue weighted by Crippen LogP contribution is 2.33. The lowest BCUT2D eigenvalue weighted by Gasteiger charge is -2.29. The first-order chi connectivity index (χ1) is 10.9. The summed E-state index contributed by atoms with van der Waals surface area (Å²) in [4.78, 5) is 48.8. The zero-order valence-electron chi connectivity index (χ0n) is 12.9. The van der Waals surface area contributed by atoms with E-state index in [4.69, 9.17) is 0 Å². The van der Waals surface area contributed by atoms with Crippen LogP contribution in [0.2, 0.25) is 0 Å². The van der Waals surface area contributed by atoms with Crippen molar-refractivity contribution in [2.75, 3.05) is 5.32 Å². The SMILES string of the molecule is CC(=O)Nc1cc(C)cc2c1CN(C1CCC(=O)NC1=O)C2=O. The maximum atomic E-state index is 12.7. The molecule has 1 fully saturated rings. The standard InChI is InChI=1S/C16H17N3O4/c1-8-5-10-11(12(6-8)17-9(2)20)7-19(16(10)23)13-3-4-14(21)18-15(13)22/h5-6,13H,3-4,7H2,1-2H3,(H,17,20)(H,18,21,22). The van der Waals surface area contributed by atoms with Crippen LogP contribution in [0.5, 0.6) is 0 Å². The second-order valence-electron chi connectivity index (χ2n) is 5.92. The van der Waals surface area contributed by atoms with Crippen molar-refractivity contribution in [1.82, 2.24) is 10.2 Å². The number of rotatable bonds is 2. The van der Waals surface area contributed by atoms with Gasteiger partial charge in [-0.25, -0.2) is 0 Å². The Hall–Kier alpha value is -2.70. The Bertz CT molecular complexity index is 741. The van der Waals surface area contributed by atoms with Gasteiger partial charge in [-0.05, 0) is 31.0 Å². The molecular weight excluding hydrogens is 298 g/mol. The molecule has 120 valence electrons. The highest BCUT2D eigenvalue weighted by atomic mass is 16.2. The van der Waals surface area contributed by atoms with E-state index < -0.39 is 11.9 Å². The van der Waals surface area contributed by atoms with Crippen LogP contribution in [0.15, 0.2) is 12.1 Å². The molecule has 1 aromatic carbocycles. The van der Waals surface area contributed by atoms with Gasteiger partial charge in [0, 0.05) is 36.7 Å². The predicted octanol–water partition coefficient (Wildman–Crippen LogP) is 0.714. The number of fused-ring (bicyclic) bond motifs is 1. The van der Waals surface area contributed by atoms with Crippen LogP contribution in [0.25, 0.3) is 0 Å². The molecule has 2 N–H and O–H groups in total. The van der Waals surface area contributed by atoms with Crippen molar-refractivity contribution in [3.05, 3.63) is 28.8 Å². The largest absolute Gasteiger partial charge is 0.326 e. The quantitative estimate of drug-likeness (QED) is 0.786. The molecule has 2 aliphatic heterocycles. The number of amides is 4. The van der Waals surface area contributed by atoms with Gasteiger partial charge in [-0.1, -0.05) is 0 Å². The lowest BCUT2D eigenvalue weighted by molar-refractivity contribution is -0.137. The Balaban J connectivity index is 1.94. The number of benzene rings is 1. The number of carbonyl (C=O) groups is 4. The minimum absolute atomic E-state index is 0.216. The van der Waals surface area contributed by atoms with Crippen LogP contribution in [0, 0.1) is 6.92 Å². The number of aryl methyl sites for hydroxylation is 1. The van der Waals surface area contributed by atoms with Gasteiger partial charge in [0.05, 0.1) is 0 Å². The Morgan fingerprint density at radius 1 is 1.30 bits per heavy atom. The molecule has 0 aromatic heterocycles. The molecule has 0 saturated carbocycles. The minimum Gasteiger partial charge on any atom is -0.326 e. The molecular formula is C16H17N3O4. The molecule has 2 heterocycles. The molecule has 1 atom stereocenters. The van der Waals surface area contributed by atoms with Crippen molar-refractivity contribution >= 4 is 29.3 Å². The lowest BCUT2D eigenvalue weighted by atomic mass is 10.0. The van der Waals surface area contributed by atoms with E-state index in [9.17, 15) is 19.2 Å². The molecule has 2 aliphatic rings. The van der Waals surface area contributed by atoms with Crippen LogP contribution in [-0.4, -0.2) is 34.6 Å². The number of nitrogens with one attached hydrogen (secondary N) is 2. The van der Waals surface area contributed by atoms with E-state index in [1.54, 1.807) is 6.07 Å². The number of imide groups is 1. The molecule has 7 heteroatoms. The van der Waals surface area contributed by atoms with Gasteiger partial charge < -0.3 is 10.2 Å². The van der Waals surface area contributed by atoms with E-state index in [0.717, 1.165) is 5.56 Å². The zero-order chi connectivity index (χ0) is 16.7. The van der Waals surface area contributed by atoms with E-state index in [1.807, 2.05) is 13.0 Å². The number of anilines is 1. The molecule has 4 amide bonds. The second kappa shape index (κ2) is 5.49. The summed E-state index contributed by atoms with van der Waals surface area (Å²) < 4.78 is 0. The summed E-state index contributed by atoms with van der Waals surface area (Å²) in [5.74, 6) is -1.22. The van der Waals surface area contributed by atoms with Gasteiger partial charge in [-0.15, -0.1) is 0 Å². The van der Waals surface area contributed by atoms with Crippen LogP contribution in [-0.2, 0) is 20.9 Å². The van der Waals surface area contributed by atoms with Gasteiger partial charge in [-0.2, -0.15) is 0 Å². The molecule has 0 bridgehead atoms. The minimum atomic E-state index is -0.655. The van der Waals surface area contributed by atoms with Gasteiger partial charge >= 0.3 is 0 Å². The molecule has 0 aliphatic carbocycles. The van der Waals surface area contributed by atoms with Crippen LogP contribution >= 0.6 is 0 Å². The highest BCUT2D eigenvalue weighted by Gasteiger charge is 2.40. The fourth-order valence-electron chi connectivity index (χ4n) is 3.11. The van der Waals surface area contributed by atoms with Crippen molar-refractivity contribution in [2.24, 2.45) is 0 Å². The number of piperidine rings is 1. The van der Waals surface area contributed by atoms with E-state index in [1.165, 1.54) is 11.8 Å². The number of carbonyl (C=O) groups excluding carboxylic acids is 4. The molecule has 7 nitrogen and oxygen atoms in total. The third kappa shape index (κ3) is 2.69. The van der Waals surface area contributed by atoms with Gasteiger partial charge in [0.2, 0.25) is 17.7 Å². The van der Waals surface area contributed by atoms with Gasteiger partial charge in [0.1, 0.15) is 6.04 Å². The highest BCUT2D eigenvalue weighted by molar-refractivity contribution is 6.06. The third-order valence-electron chi connectivity index (χ3n) is 4.11. The first kappa shape index (κ1) is 15.2. The van der Waals surface area contributed by atoms with Crippen molar-refractivity contribution in [1.29, 1.82) is 0 Å². The van der Waals surface area contributed by atoms with Crippen LogP contribution in [0.1, 0.15) is 41.3 Å². The number of hydrogen-bond acceptors (Lipinski definition) is 4. The van der Waals surface area contributed by atoms with Crippen molar-refractivity contribution in [3.8, 4) is 0 Å². The first-order valence-electron chi connectivity index (χ1n) is 7.42. The van der Waals surface area contributed by atoms with E-state index >= 15 is 0 Å². The summed E-state index contributed by atoms with van der Waals surface area (Å²) >= 11 is 0. The van der Waals surface area contributed by atoms with Crippen molar-refractivity contribution in [3.63, 3.8) is 0 Å². The lowest BCUT2D eigenvalue weighted by Crippen LogP contribution is -2.52. The maximum absolute atomic E-state index is 12.7. The fourth-order valence-corrected chi connectivity index (χ4v) is 3.11. The maximum Gasteiger partial charge on any atom is 0.255 e. The van der Waals surface area contributed by atoms with E-state index in [-0.39, 0.29) is 30.7 Å². The van der Waals surface area contributed by atoms with Crippen molar-refractivity contribution < 1.29 is 19.2 Å². The molecule has 23 heavy (non-hydrogen) atoms. The Kier molecular flexibility index (Phi) is 3.63. The monoisotopic (exact) mass is 315 g/mol. The first-order valence-corrected chi connectivity index (χ1v) is 7.42. The summed E-state index contributed by atoms with van der Waals surface area (Å²) in [6.07, 6.45) is 0.535. The average molecular weight is 315 g/mol. The van der Waals surface area contributed by atoms with Crippen LogP contribution in [0.3, 0.4) is 0 Å². The van der Waals surface area contributed by atoms with Crippen LogP contribution in [0.4, 0.5) is 5.69 Å². The molecule has 1 unspecified atom stereocenters. The smallest absolute Gasteiger partial charge is 0.255 e. The van der Waals surface area contributed by atoms with Crippen molar-refractivity contribution in [2.45, 2.75) is 39.3 Å². The van der Waals surface area contributed by atoms with Gasteiger partial charge in [0.15, 0.2) is 0 Å². The summed E-state index contributed by atoms with van der Waals surface area (Å²) in [7, 11) is 0. The fraction of sp³-hybridized carbons (Fsp3) is 0.375. The summed E-state index contributed by atoms with van der Waals surface area (Å²) in [5, 5.41) is 5.01. The van der Waals surface area contributed by atoms with E-state index in [0.29, 0.717) is 23.2 Å². The molecule has 1 aromatic rings. The molecule has 1 saturated heterocycles. The number of nitrogens with zero attached hydrogens (tertiary/aromatic N) is 1. The topological polar surface area (TPSA) is 95.6 Å².